The van der Waals surface area contributed by atoms with Crippen LogP contribution in [-0.4, -0.2) is 58.5 Å². The number of piperidine rings is 1. The lowest BCUT2D eigenvalue weighted by atomic mass is 9.89. The Bertz CT molecular complexity index is 1310. The van der Waals surface area contributed by atoms with Gasteiger partial charge in [-0.1, -0.05) is 54.1 Å². The Kier molecular flexibility index (Phi) is 8.26. The first-order valence-corrected chi connectivity index (χ1v) is 13.5. The van der Waals surface area contributed by atoms with Crippen LogP contribution in [0.2, 0.25) is 5.02 Å². The number of anilines is 1. The number of aliphatic hydroxyl groups is 1. The molecule has 2 N–H and O–H groups in total. The summed E-state index contributed by atoms with van der Waals surface area (Å²) < 4.78 is 27.2. The number of likely N-dealkylation sites (tertiary alicyclic amines) is 2. The van der Waals surface area contributed by atoms with Crippen LogP contribution in [0.1, 0.15) is 46.7 Å². The van der Waals surface area contributed by atoms with Crippen LogP contribution in [0.3, 0.4) is 0 Å². The van der Waals surface area contributed by atoms with Crippen LogP contribution in [-0.2, 0) is 11.3 Å². The Morgan fingerprint density at radius 3 is 2.31 bits per heavy atom. The van der Waals surface area contributed by atoms with Crippen LogP contribution in [0.5, 0.6) is 0 Å². The second-order valence-corrected chi connectivity index (χ2v) is 10.6. The third-order valence-electron chi connectivity index (χ3n) is 7.63. The van der Waals surface area contributed by atoms with Gasteiger partial charge in [0.25, 0.3) is 5.91 Å². The van der Waals surface area contributed by atoms with E-state index in [1.807, 2.05) is 59.5 Å². The third kappa shape index (κ3) is 6.13. The molecule has 0 spiro atoms. The molecule has 2 amide bonds. The second kappa shape index (κ2) is 11.8. The smallest absolute Gasteiger partial charge is 0.254 e. The van der Waals surface area contributed by atoms with Crippen molar-refractivity contribution in [3.05, 3.63) is 100 Å². The van der Waals surface area contributed by atoms with E-state index in [-0.39, 0.29) is 23.3 Å². The van der Waals surface area contributed by atoms with E-state index in [1.54, 1.807) is 4.90 Å². The molecule has 0 unspecified atom stereocenters. The number of aliphatic hydroxyl groups excluding tert-OH is 1. The lowest BCUT2D eigenvalue weighted by Crippen LogP contribution is -2.44. The highest BCUT2D eigenvalue weighted by Gasteiger charge is 2.38. The van der Waals surface area contributed by atoms with Crippen LogP contribution in [0, 0.1) is 11.6 Å². The monoisotopic (exact) mass is 553 g/mol. The molecule has 9 heteroatoms. The van der Waals surface area contributed by atoms with Crippen LogP contribution >= 0.6 is 11.6 Å². The predicted molar refractivity (Wildman–Crippen MR) is 146 cm³/mol. The predicted octanol–water partition coefficient (Wildman–Crippen LogP) is 5.21. The summed E-state index contributed by atoms with van der Waals surface area (Å²) in [6.45, 7) is 2.21. The fraction of sp³-hybridized carbons (Fsp3) is 0.333. The highest BCUT2D eigenvalue weighted by molar-refractivity contribution is 6.31. The minimum Gasteiger partial charge on any atom is -0.391 e. The molecule has 3 aromatic rings. The lowest BCUT2D eigenvalue weighted by Gasteiger charge is -2.32. The first-order valence-electron chi connectivity index (χ1n) is 13.1. The number of amides is 2. The number of hydrogen-bond donors (Lipinski definition) is 2. The average Bonchev–Trinajstić information content (AvgIpc) is 3.31. The largest absolute Gasteiger partial charge is 0.391 e. The van der Waals surface area contributed by atoms with E-state index in [0.717, 1.165) is 36.1 Å². The first kappa shape index (κ1) is 27.2. The van der Waals surface area contributed by atoms with Crippen molar-refractivity contribution >= 4 is 29.1 Å². The van der Waals surface area contributed by atoms with Crippen molar-refractivity contribution in [1.29, 1.82) is 0 Å². The van der Waals surface area contributed by atoms with Gasteiger partial charge in [-0.25, -0.2) is 8.78 Å². The van der Waals surface area contributed by atoms with Crippen LogP contribution < -0.4 is 5.32 Å². The van der Waals surface area contributed by atoms with Crippen molar-refractivity contribution < 1.29 is 23.5 Å². The summed E-state index contributed by atoms with van der Waals surface area (Å²) >= 11 is 5.71. The van der Waals surface area contributed by atoms with Gasteiger partial charge in [-0.15, -0.1) is 0 Å². The molecule has 39 heavy (non-hydrogen) atoms. The molecule has 5 rings (SSSR count). The maximum atomic E-state index is 13.7. The lowest BCUT2D eigenvalue weighted by molar-refractivity contribution is -0.123. The highest BCUT2D eigenvalue weighted by atomic mass is 35.5. The Morgan fingerprint density at radius 2 is 1.64 bits per heavy atom. The summed E-state index contributed by atoms with van der Waals surface area (Å²) in [4.78, 5) is 29.5. The molecule has 0 saturated carbocycles. The zero-order valence-electron chi connectivity index (χ0n) is 21.3. The number of nitrogens with one attached hydrogen (secondary N) is 1. The first-order chi connectivity index (χ1) is 18.8. The molecule has 204 valence electrons. The Labute approximate surface area is 231 Å². The van der Waals surface area contributed by atoms with Gasteiger partial charge in [0.1, 0.15) is 6.04 Å². The molecule has 2 saturated heterocycles. The van der Waals surface area contributed by atoms with Crippen LogP contribution in [0.4, 0.5) is 14.5 Å². The van der Waals surface area contributed by atoms with Crippen molar-refractivity contribution in [2.24, 2.45) is 0 Å². The van der Waals surface area contributed by atoms with Crippen molar-refractivity contribution in [3.63, 3.8) is 0 Å². The Morgan fingerprint density at radius 1 is 0.949 bits per heavy atom. The van der Waals surface area contributed by atoms with Crippen molar-refractivity contribution in [1.82, 2.24) is 9.80 Å². The molecule has 0 bridgehead atoms. The SMILES string of the molecule is O=C(Nc1ccc(C2CCN(C(=O)c3cc(F)c(F)c(Cl)c3)CC2)cc1)[C@@H]1[C@@H](O)CCN1Cc1ccccc1. The second-order valence-electron chi connectivity index (χ2n) is 10.2. The van der Waals surface area contributed by atoms with Crippen molar-refractivity contribution in [3.8, 4) is 0 Å². The topological polar surface area (TPSA) is 72.9 Å². The maximum Gasteiger partial charge on any atom is 0.254 e. The number of carbonyl (C=O) groups is 2. The van der Waals surface area contributed by atoms with Gasteiger partial charge in [-0.05, 0) is 60.6 Å². The van der Waals surface area contributed by atoms with Gasteiger partial charge in [0.2, 0.25) is 5.91 Å². The molecule has 3 aromatic carbocycles. The quantitative estimate of drug-likeness (QED) is 0.411. The molecule has 2 fully saturated rings. The summed E-state index contributed by atoms with van der Waals surface area (Å²) in [6, 6.07) is 19.0. The molecule has 2 aliphatic heterocycles. The van der Waals surface area contributed by atoms with Gasteiger partial charge in [0, 0.05) is 37.4 Å². The number of benzene rings is 3. The van der Waals surface area contributed by atoms with Crippen LogP contribution in [0.15, 0.2) is 66.7 Å². The summed E-state index contributed by atoms with van der Waals surface area (Å²) in [5, 5.41) is 13.0. The maximum absolute atomic E-state index is 13.7. The fourth-order valence-electron chi connectivity index (χ4n) is 5.51. The number of carbonyl (C=O) groups excluding carboxylic acids is 2. The molecule has 2 aliphatic rings. The number of nitrogens with zero attached hydrogens (tertiary/aromatic N) is 2. The van der Waals surface area contributed by atoms with E-state index in [2.05, 4.69) is 5.32 Å². The molecule has 0 radical (unpaired) electrons. The van der Waals surface area contributed by atoms with E-state index in [0.29, 0.717) is 38.3 Å². The summed E-state index contributed by atoms with van der Waals surface area (Å²) in [5.41, 5.74) is 2.88. The third-order valence-corrected chi connectivity index (χ3v) is 7.90. The molecule has 6 nitrogen and oxygen atoms in total. The fourth-order valence-corrected chi connectivity index (χ4v) is 5.71. The summed E-state index contributed by atoms with van der Waals surface area (Å²) in [5.74, 6) is -2.67. The van der Waals surface area contributed by atoms with E-state index in [9.17, 15) is 23.5 Å². The number of hydrogen-bond acceptors (Lipinski definition) is 4. The molecular formula is C30H30ClF2N3O3. The Balaban J connectivity index is 1.16. The van der Waals surface area contributed by atoms with Crippen molar-refractivity contribution in [2.45, 2.75) is 43.9 Å². The minimum absolute atomic E-state index is 0.0344. The number of halogens is 3. The Hall–Kier alpha value is -3.33. The summed E-state index contributed by atoms with van der Waals surface area (Å²) in [7, 11) is 0. The van der Waals surface area contributed by atoms with E-state index in [4.69, 9.17) is 11.6 Å². The van der Waals surface area contributed by atoms with E-state index >= 15 is 0 Å². The molecule has 0 aromatic heterocycles. The molecular weight excluding hydrogens is 524 g/mol. The van der Waals surface area contributed by atoms with Gasteiger partial charge in [0.05, 0.1) is 11.1 Å². The average molecular weight is 554 g/mol. The standard InChI is InChI=1S/C30H30ClF2N3O3/c31-24-16-22(17-25(32)27(24)33)30(39)35-13-10-21(11-14-35)20-6-8-23(9-7-20)34-29(38)28-26(37)12-15-36(28)18-19-4-2-1-3-5-19/h1-9,16-17,21,26,28,37H,10-15,18H2,(H,34,38)/t26-,28-/m0/s1. The van der Waals surface area contributed by atoms with Gasteiger partial charge in [0.15, 0.2) is 11.6 Å². The zero-order chi connectivity index (χ0) is 27.5. The van der Waals surface area contributed by atoms with Crippen LogP contribution in [0.25, 0.3) is 0 Å². The molecule has 0 aliphatic carbocycles. The summed E-state index contributed by atoms with van der Waals surface area (Å²) in [6.07, 6.45) is 1.27. The van der Waals surface area contributed by atoms with Gasteiger partial charge in [-0.3, -0.25) is 14.5 Å². The van der Waals surface area contributed by atoms with E-state index in [1.165, 1.54) is 0 Å². The van der Waals surface area contributed by atoms with Gasteiger partial charge >= 0.3 is 0 Å². The van der Waals surface area contributed by atoms with Gasteiger partial charge in [-0.2, -0.15) is 0 Å². The minimum atomic E-state index is -1.16. The van der Waals surface area contributed by atoms with Crippen molar-refractivity contribution in [2.75, 3.05) is 25.0 Å². The number of rotatable bonds is 6. The zero-order valence-corrected chi connectivity index (χ0v) is 22.1. The normalized spacial score (nSPS) is 20.3. The molecule has 2 heterocycles. The molecule has 2 atom stereocenters. The van der Waals surface area contributed by atoms with E-state index < -0.39 is 28.8 Å². The highest BCUT2D eigenvalue weighted by Crippen LogP contribution is 2.31. The van der Waals surface area contributed by atoms with Gasteiger partial charge < -0.3 is 15.3 Å².